The first-order chi connectivity index (χ1) is 10.3. The molecule has 2 aliphatic heterocycles. The first kappa shape index (κ1) is 16.5. The van der Waals surface area contributed by atoms with E-state index in [-0.39, 0.29) is 0 Å². The minimum Gasteiger partial charge on any atom is -0.379 e. The molecule has 0 aliphatic carbocycles. The smallest absolute Gasteiger partial charge is 0.188 e. The zero-order valence-corrected chi connectivity index (χ0v) is 13.2. The van der Waals surface area contributed by atoms with E-state index < -0.39 is 0 Å². The standard InChI is InChI=1S/C15H30N4O2/c1-2-19-8-3-5-13(19)11-18-15(16)17-7-4-9-21-14-6-10-20-12-14/h13-14H,2-12H2,1H3,(H3,16,17,18). The van der Waals surface area contributed by atoms with Crippen molar-refractivity contribution in [1.82, 2.24) is 10.2 Å². The Labute approximate surface area is 128 Å². The number of ether oxygens (including phenoxy) is 2. The zero-order chi connectivity index (χ0) is 14.9. The lowest BCUT2D eigenvalue weighted by molar-refractivity contribution is 0.0420. The van der Waals surface area contributed by atoms with Crippen LogP contribution >= 0.6 is 0 Å². The number of nitrogens with zero attached hydrogens (tertiary/aromatic N) is 2. The topological polar surface area (TPSA) is 72.1 Å². The van der Waals surface area contributed by atoms with Crippen LogP contribution in [0.4, 0.5) is 0 Å². The van der Waals surface area contributed by atoms with Gasteiger partial charge >= 0.3 is 0 Å². The fourth-order valence-electron chi connectivity index (χ4n) is 2.96. The molecule has 2 aliphatic rings. The predicted octanol–water partition coefficient (Wildman–Crippen LogP) is 0.571. The second-order valence-corrected chi connectivity index (χ2v) is 5.79. The minimum atomic E-state index is 0.290. The van der Waals surface area contributed by atoms with Crippen LogP contribution in [0.25, 0.3) is 0 Å². The molecule has 0 saturated carbocycles. The molecule has 6 nitrogen and oxygen atoms in total. The highest BCUT2D eigenvalue weighted by Gasteiger charge is 2.22. The van der Waals surface area contributed by atoms with E-state index in [0.29, 0.717) is 18.1 Å². The van der Waals surface area contributed by atoms with E-state index in [1.807, 2.05) is 0 Å². The van der Waals surface area contributed by atoms with E-state index in [0.717, 1.165) is 52.3 Å². The van der Waals surface area contributed by atoms with Crippen molar-refractivity contribution in [2.75, 3.05) is 46.0 Å². The molecule has 2 unspecified atom stereocenters. The average Bonchev–Trinajstić information content (AvgIpc) is 3.15. The van der Waals surface area contributed by atoms with Gasteiger partial charge in [-0.05, 0) is 38.8 Å². The molecule has 0 bridgehead atoms. The second kappa shape index (κ2) is 9.23. The molecule has 0 aromatic rings. The third kappa shape index (κ3) is 5.80. The number of likely N-dealkylation sites (N-methyl/N-ethyl adjacent to an activating group) is 1. The molecule has 0 aromatic heterocycles. The fraction of sp³-hybridized carbons (Fsp3) is 0.933. The Morgan fingerprint density at radius 3 is 3.14 bits per heavy atom. The summed E-state index contributed by atoms with van der Waals surface area (Å²) in [5.74, 6) is 0.558. The Morgan fingerprint density at radius 2 is 2.38 bits per heavy atom. The molecule has 2 heterocycles. The first-order valence-electron chi connectivity index (χ1n) is 8.26. The van der Waals surface area contributed by atoms with Gasteiger partial charge in [-0.15, -0.1) is 0 Å². The fourth-order valence-corrected chi connectivity index (χ4v) is 2.96. The van der Waals surface area contributed by atoms with Crippen LogP contribution in [0.5, 0.6) is 0 Å². The van der Waals surface area contributed by atoms with Crippen LogP contribution in [-0.4, -0.2) is 69.0 Å². The summed E-state index contributed by atoms with van der Waals surface area (Å²) < 4.78 is 11.0. The quantitative estimate of drug-likeness (QED) is 0.389. The molecule has 2 fully saturated rings. The summed E-state index contributed by atoms with van der Waals surface area (Å²) in [6.45, 7) is 8.46. The molecule has 2 saturated heterocycles. The van der Waals surface area contributed by atoms with E-state index in [1.54, 1.807) is 0 Å². The Balaban J connectivity index is 1.52. The van der Waals surface area contributed by atoms with E-state index in [2.05, 4.69) is 22.1 Å². The minimum absolute atomic E-state index is 0.290. The first-order valence-corrected chi connectivity index (χ1v) is 8.26. The van der Waals surface area contributed by atoms with Gasteiger partial charge in [0.15, 0.2) is 5.96 Å². The van der Waals surface area contributed by atoms with E-state index in [1.165, 1.54) is 19.4 Å². The third-order valence-corrected chi connectivity index (χ3v) is 4.25. The lowest BCUT2D eigenvalue weighted by atomic mass is 10.2. The Hall–Kier alpha value is -0.850. The van der Waals surface area contributed by atoms with Crippen molar-refractivity contribution < 1.29 is 9.47 Å². The summed E-state index contributed by atoms with van der Waals surface area (Å²) in [5, 5.41) is 3.16. The van der Waals surface area contributed by atoms with Gasteiger partial charge < -0.3 is 20.5 Å². The molecular formula is C15H30N4O2. The maximum atomic E-state index is 5.90. The number of guanidine groups is 1. The van der Waals surface area contributed by atoms with Gasteiger partial charge in [-0.2, -0.15) is 0 Å². The summed E-state index contributed by atoms with van der Waals surface area (Å²) in [6.07, 6.45) is 4.77. The summed E-state index contributed by atoms with van der Waals surface area (Å²) in [5.41, 5.74) is 5.90. The molecule has 2 atom stereocenters. The number of nitrogens with one attached hydrogen (secondary N) is 1. The molecule has 3 N–H and O–H groups in total. The summed E-state index contributed by atoms with van der Waals surface area (Å²) in [7, 11) is 0. The maximum absolute atomic E-state index is 5.90. The van der Waals surface area contributed by atoms with Gasteiger partial charge in [0, 0.05) is 25.8 Å². The highest BCUT2D eigenvalue weighted by Crippen LogP contribution is 2.16. The SMILES string of the molecule is CCN1CCCC1CN=C(N)NCCCOC1CCOC1. The number of nitrogens with two attached hydrogens (primary N) is 1. The van der Waals surface area contributed by atoms with Crippen LogP contribution in [0.2, 0.25) is 0 Å². The van der Waals surface area contributed by atoms with Gasteiger partial charge in [-0.25, -0.2) is 0 Å². The predicted molar refractivity (Wildman–Crippen MR) is 84.6 cm³/mol. The molecule has 0 amide bonds. The van der Waals surface area contributed by atoms with E-state index in [4.69, 9.17) is 15.2 Å². The zero-order valence-electron chi connectivity index (χ0n) is 13.2. The van der Waals surface area contributed by atoms with Crippen molar-refractivity contribution in [3.63, 3.8) is 0 Å². The molecule has 0 radical (unpaired) electrons. The molecule has 0 spiro atoms. The van der Waals surface area contributed by atoms with Gasteiger partial charge in [0.05, 0.1) is 19.3 Å². The van der Waals surface area contributed by atoms with Crippen LogP contribution in [0.3, 0.4) is 0 Å². The number of rotatable bonds is 8. The highest BCUT2D eigenvalue weighted by atomic mass is 16.5. The molecule has 2 rings (SSSR count). The lowest BCUT2D eigenvalue weighted by Crippen LogP contribution is -2.36. The van der Waals surface area contributed by atoms with Gasteiger partial charge in [-0.3, -0.25) is 9.89 Å². The van der Waals surface area contributed by atoms with Crippen LogP contribution in [0.1, 0.15) is 32.6 Å². The molecule has 122 valence electrons. The molecule has 0 aromatic carbocycles. The van der Waals surface area contributed by atoms with Crippen LogP contribution < -0.4 is 11.1 Å². The number of hydrogen-bond donors (Lipinski definition) is 2. The summed E-state index contributed by atoms with van der Waals surface area (Å²) in [4.78, 5) is 6.94. The number of aliphatic imine (C=N–C) groups is 1. The van der Waals surface area contributed by atoms with E-state index in [9.17, 15) is 0 Å². The number of likely N-dealkylation sites (tertiary alicyclic amines) is 1. The van der Waals surface area contributed by atoms with Crippen molar-refractivity contribution >= 4 is 5.96 Å². The van der Waals surface area contributed by atoms with Crippen molar-refractivity contribution in [1.29, 1.82) is 0 Å². The van der Waals surface area contributed by atoms with Crippen LogP contribution in [0, 0.1) is 0 Å². The van der Waals surface area contributed by atoms with Gasteiger partial charge in [0.25, 0.3) is 0 Å². The van der Waals surface area contributed by atoms with Crippen molar-refractivity contribution in [2.24, 2.45) is 10.7 Å². The van der Waals surface area contributed by atoms with Crippen molar-refractivity contribution in [2.45, 2.75) is 44.8 Å². The molecule has 21 heavy (non-hydrogen) atoms. The Morgan fingerprint density at radius 1 is 1.48 bits per heavy atom. The highest BCUT2D eigenvalue weighted by molar-refractivity contribution is 5.77. The molecule has 6 heteroatoms. The van der Waals surface area contributed by atoms with Crippen molar-refractivity contribution in [3.05, 3.63) is 0 Å². The normalized spacial score (nSPS) is 27.4. The summed E-state index contributed by atoms with van der Waals surface area (Å²) >= 11 is 0. The van der Waals surface area contributed by atoms with Crippen LogP contribution in [0.15, 0.2) is 4.99 Å². The third-order valence-electron chi connectivity index (χ3n) is 4.25. The average molecular weight is 298 g/mol. The molecular weight excluding hydrogens is 268 g/mol. The Bertz CT molecular complexity index is 319. The number of hydrogen-bond acceptors (Lipinski definition) is 4. The van der Waals surface area contributed by atoms with Crippen molar-refractivity contribution in [3.8, 4) is 0 Å². The van der Waals surface area contributed by atoms with Gasteiger partial charge in [-0.1, -0.05) is 6.92 Å². The van der Waals surface area contributed by atoms with Gasteiger partial charge in [0.1, 0.15) is 0 Å². The maximum Gasteiger partial charge on any atom is 0.188 e. The largest absolute Gasteiger partial charge is 0.379 e. The van der Waals surface area contributed by atoms with E-state index >= 15 is 0 Å². The van der Waals surface area contributed by atoms with Crippen LogP contribution in [-0.2, 0) is 9.47 Å². The van der Waals surface area contributed by atoms with Gasteiger partial charge in [0.2, 0.25) is 0 Å². The Kier molecular flexibility index (Phi) is 7.26. The summed E-state index contributed by atoms with van der Waals surface area (Å²) in [6, 6.07) is 0.570. The lowest BCUT2D eigenvalue weighted by Gasteiger charge is -2.21. The second-order valence-electron chi connectivity index (χ2n) is 5.79. The monoisotopic (exact) mass is 298 g/mol.